The van der Waals surface area contributed by atoms with E-state index in [2.05, 4.69) is 20.1 Å². The molecule has 182 valence electrons. The summed E-state index contributed by atoms with van der Waals surface area (Å²) in [5.74, 6) is -6.61. The second-order valence-corrected chi connectivity index (χ2v) is 7.70. The monoisotopic (exact) mass is 465 g/mol. The molecule has 33 heavy (non-hydrogen) atoms. The molecule has 0 aromatic heterocycles. The van der Waals surface area contributed by atoms with E-state index < -0.39 is 59.7 Å². The molecule has 0 aliphatic carbocycles. The van der Waals surface area contributed by atoms with Crippen LogP contribution in [0.15, 0.2) is 30.3 Å². The second-order valence-electron chi connectivity index (χ2n) is 7.70. The Morgan fingerprint density at radius 1 is 0.879 bits per heavy atom. The highest BCUT2D eigenvalue weighted by Crippen LogP contribution is 2.20. The molecule has 3 atom stereocenters. The van der Waals surface area contributed by atoms with E-state index in [4.69, 9.17) is 10.5 Å². The fraction of sp³-hybridized carbons (Fsp3) is 0.500. The molecule has 0 radical (unpaired) electrons. The summed E-state index contributed by atoms with van der Waals surface area (Å²) in [4.78, 5) is 61.4. The van der Waals surface area contributed by atoms with Crippen LogP contribution in [0.4, 0.5) is 4.79 Å². The molecular formula is C22H31N3O8. The van der Waals surface area contributed by atoms with Gasteiger partial charge in [-0.2, -0.15) is 0 Å². The maximum atomic E-state index is 12.9. The van der Waals surface area contributed by atoms with Crippen molar-refractivity contribution in [3.63, 3.8) is 0 Å². The number of nitrogens with one attached hydrogen (secondary N) is 2. The summed E-state index contributed by atoms with van der Waals surface area (Å²) in [6.07, 6.45) is -0.835. The van der Waals surface area contributed by atoms with Crippen molar-refractivity contribution in [1.82, 2.24) is 10.6 Å². The predicted molar refractivity (Wildman–Crippen MR) is 116 cm³/mol. The lowest BCUT2D eigenvalue weighted by Crippen LogP contribution is -2.58. The van der Waals surface area contributed by atoms with E-state index in [9.17, 15) is 24.0 Å². The minimum atomic E-state index is -1.50. The summed E-state index contributed by atoms with van der Waals surface area (Å²) < 4.78 is 14.4. The first-order valence-corrected chi connectivity index (χ1v) is 10.3. The number of primary amides is 1. The fourth-order valence-electron chi connectivity index (χ4n) is 3.10. The van der Waals surface area contributed by atoms with Gasteiger partial charge in [0.2, 0.25) is 11.8 Å². The van der Waals surface area contributed by atoms with Crippen LogP contribution in [0.2, 0.25) is 0 Å². The number of amides is 3. The van der Waals surface area contributed by atoms with Crippen LogP contribution in [-0.4, -0.2) is 56.1 Å². The Morgan fingerprint density at radius 2 is 1.42 bits per heavy atom. The number of hydrogen-bond acceptors (Lipinski definition) is 8. The average molecular weight is 466 g/mol. The predicted octanol–water partition coefficient (Wildman–Crippen LogP) is 0.506. The lowest BCUT2D eigenvalue weighted by molar-refractivity contribution is -0.162. The first kappa shape index (κ1) is 27.4. The zero-order valence-electron chi connectivity index (χ0n) is 19.3. The van der Waals surface area contributed by atoms with Gasteiger partial charge < -0.3 is 30.6 Å². The molecule has 1 aromatic rings. The summed E-state index contributed by atoms with van der Waals surface area (Å²) in [7, 11) is 2.14. The molecule has 11 heteroatoms. The third kappa shape index (κ3) is 8.09. The molecule has 1 aromatic carbocycles. The Hall–Kier alpha value is -3.63. The van der Waals surface area contributed by atoms with Crippen LogP contribution in [-0.2, 0) is 40.0 Å². The van der Waals surface area contributed by atoms with Gasteiger partial charge in [-0.15, -0.1) is 0 Å². The fourth-order valence-corrected chi connectivity index (χ4v) is 3.10. The molecule has 0 unspecified atom stereocenters. The molecule has 11 nitrogen and oxygen atoms in total. The molecular weight excluding hydrogens is 434 g/mol. The van der Waals surface area contributed by atoms with E-state index in [1.165, 1.54) is 6.92 Å². The van der Waals surface area contributed by atoms with Crippen molar-refractivity contribution >= 4 is 29.8 Å². The summed E-state index contributed by atoms with van der Waals surface area (Å²) in [6.45, 7) is 4.73. The molecule has 4 N–H and O–H groups in total. The van der Waals surface area contributed by atoms with Crippen LogP contribution >= 0.6 is 0 Å². The average Bonchev–Trinajstić information content (AvgIpc) is 2.79. The van der Waals surface area contributed by atoms with Crippen LogP contribution < -0.4 is 16.4 Å². The number of ether oxygens (including phenoxy) is 3. The van der Waals surface area contributed by atoms with Gasteiger partial charge in [0, 0.05) is 5.92 Å². The zero-order valence-corrected chi connectivity index (χ0v) is 19.3. The number of carbonyl (C=O) groups is 5. The summed E-state index contributed by atoms with van der Waals surface area (Å²) >= 11 is 0. The van der Waals surface area contributed by atoms with Gasteiger partial charge in [0.05, 0.1) is 14.2 Å². The van der Waals surface area contributed by atoms with Crippen molar-refractivity contribution in [2.75, 3.05) is 14.2 Å². The van der Waals surface area contributed by atoms with E-state index in [0.29, 0.717) is 0 Å². The number of benzene rings is 1. The van der Waals surface area contributed by atoms with Crippen LogP contribution in [0.3, 0.4) is 0 Å². The molecule has 3 amide bonds. The highest BCUT2D eigenvalue weighted by Gasteiger charge is 2.42. The van der Waals surface area contributed by atoms with E-state index >= 15 is 0 Å². The van der Waals surface area contributed by atoms with Gasteiger partial charge in [0.15, 0.2) is 5.92 Å². The van der Waals surface area contributed by atoms with Crippen LogP contribution in [0, 0.1) is 17.8 Å². The topological polar surface area (TPSA) is 163 Å². The number of rotatable bonds is 11. The minimum absolute atomic E-state index is 0.00000867. The van der Waals surface area contributed by atoms with Crippen molar-refractivity contribution in [3.05, 3.63) is 35.9 Å². The SMILES string of the molecule is COC(=O)C(C(=O)OC)[C@H](C)[C@@H](NC(=O)[C@@H](NC(=O)OCc1ccccc1)C(C)C)C(N)=O. The van der Waals surface area contributed by atoms with E-state index in [1.807, 2.05) is 6.07 Å². The van der Waals surface area contributed by atoms with Crippen LogP contribution in [0.1, 0.15) is 26.3 Å². The van der Waals surface area contributed by atoms with Crippen LogP contribution in [0.5, 0.6) is 0 Å². The van der Waals surface area contributed by atoms with Gasteiger partial charge in [0.25, 0.3) is 0 Å². The Bertz CT molecular complexity index is 827. The van der Waals surface area contributed by atoms with Gasteiger partial charge in [-0.25, -0.2) is 4.79 Å². The number of nitrogens with two attached hydrogens (primary N) is 1. The standard InChI is InChI=1S/C22H31N3O8/c1-12(2)16(25-22(30)33-11-14-9-7-6-8-10-14)19(27)24-17(18(23)26)13(3)15(20(28)31-4)21(29)32-5/h6-10,12-13,15-17H,11H2,1-5H3,(H2,23,26)(H,24,27)(H,25,30)/t13-,16-,17+/m0/s1. The Kier molecular flexibility index (Phi) is 10.8. The Labute approximate surface area is 192 Å². The highest BCUT2D eigenvalue weighted by molar-refractivity contribution is 5.97. The van der Waals surface area contributed by atoms with E-state index in [1.54, 1.807) is 38.1 Å². The third-order valence-corrected chi connectivity index (χ3v) is 5.00. The van der Waals surface area contributed by atoms with Gasteiger partial charge in [-0.05, 0) is 11.5 Å². The summed E-state index contributed by atoms with van der Waals surface area (Å²) in [5, 5.41) is 4.87. The quantitative estimate of drug-likeness (QED) is 0.242. The molecule has 0 heterocycles. The molecule has 0 fully saturated rings. The maximum absolute atomic E-state index is 12.9. The second kappa shape index (κ2) is 13.0. The zero-order chi connectivity index (χ0) is 25.1. The maximum Gasteiger partial charge on any atom is 0.408 e. The highest BCUT2D eigenvalue weighted by atomic mass is 16.6. The largest absolute Gasteiger partial charge is 0.468 e. The Morgan fingerprint density at radius 3 is 1.88 bits per heavy atom. The van der Waals surface area contributed by atoms with Gasteiger partial charge >= 0.3 is 18.0 Å². The van der Waals surface area contributed by atoms with Crippen molar-refractivity contribution in [1.29, 1.82) is 0 Å². The van der Waals surface area contributed by atoms with Crippen molar-refractivity contribution in [3.8, 4) is 0 Å². The molecule has 1 rings (SSSR count). The lowest BCUT2D eigenvalue weighted by atomic mass is 9.86. The van der Waals surface area contributed by atoms with Gasteiger partial charge in [0.1, 0.15) is 18.7 Å². The summed E-state index contributed by atoms with van der Waals surface area (Å²) in [5.41, 5.74) is 6.19. The first-order chi connectivity index (χ1) is 15.5. The molecule has 0 saturated heterocycles. The molecule has 0 bridgehead atoms. The smallest absolute Gasteiger partial charge is 0.408 e. The molecule has 0 aliphatic rings. The molecule has 0 spiro atoms. The van der Waals surface area contributed by atoms with Crippen molar-refractivity contribution < 1.29 is 38.2 Å². The van der Waals surface area contributed by atoms with Crippen LogP contribution in [0.25, 0.3) is 0 Å². The number of esters is 2. The number of methoxy groups -OCH3 is 2. The number of carbonyl (C=O) groups excluding carboxylic acids is 5. The number of alkyl carbamates (subject to hydrolysis) is 1. The third-order valence-electron chi connectivity index (χ3n) is 5.00. The summed E-state index contributed by atoms with van der Waals surface area (Å²) in [6, 6.07) is 6.45. The van der Waals surface area contributed by atoms with Crippen molar-refractivity contribution in [2.24, 2.45) is 23.5 Å². The minimum Gasteiger partial charge on any atom is -0.468 e. The van der Waals surface area contributed by atoms with Gasteiger partial charge in [-0.3, -0.25) is 19.2 Å². The number of hydrogen-bond donors (Lipinski definition) is 3. The first-order valence-electron chi connectivity index (χ1n) is 10.3. The molecule has 0 aliphatic heterocycles. The van der Waals surface area contributed by atoms with Crippen molar-refractivity contribution in [2.45, 2.75) is 39.5 Å². The Balaban J connectivity index is 2.93. The lowest BCUT2D eigenvalue weighted by Gasteiger charge is -2.29. The van der Waals surface area contributed by atoms with Gasteiger partial charge in [-0.1, -0.05) is 51.1 Å². The van der Waals surface area contributed by atoms with E-state index in [-0.39, 0.29) is 6.61 Å². The van der Waals surface area contributed by atoms with E-state index in [0.717, 1.165) is 19.8 Å². The molecule has 0 saturated carbocycles. The normalized spacial score (nSPS) is 13.4.